The highest BCUT2D eigenvalue weighted by Crippen LogP contribution is 2.22. The molecular formula is C10H8BrF3N6O. The molecule has 0 fully saturated rings. The summed E-state index contributed by atoms with van der Waals surface area (Å²) >= 11 is 3.10. The molecular weight excluding hydrogens is 357 g/mol. The molecule has 1 N–H and O–H groups in total. The van der Waals surface area contributed by atoms with Crippen molar-refractivity contribution in [3.8, 4) is 0 Å². The van der Waals surface area contributed by atoms with Crippen molar-refractivity contribution in [1.82, 2.24) is 29.1 Å². The Morgan fingerprint density at radius 2 is 2.00 bits per heavy atom. The fourth-order valence-electron chi connectivity index (χ4n) is 2.04. The maximum atomic E-state index is 12.4. The fourth-order valence-corrected chi connectivity index (χ4v) is 2.41. The Bertz CT molecular complexity index is 892. The second-order valence-corrected chi connectivity index (χ2v) is 5.17. The summed E-state index contributed by atoms with van der Waals surface area (Å²) in [6.07, 6.45) is -5.50. The van der Waals surface area contributed by atoms with Crippen molar-refractivity contribution in [2.45, 2.75) is 26.1 Å². The lowest BCUT2D eigenvalue weighted by Crippen LogP contribution is -2.29. The van der Waals surface area contributed by atoms with E-state index in [9.17, 15) is 18.0 Å². The number of aromatic amines is 1. The molecule has 0 saturated carbocycles. The Kier molecular flexibility index (Phi) is 3.04. The van der Waals surface area contributed by atoms with Gasteiger partial charge in [-0.1, -0.05) is 0 Å². The van der Waals surface area contributed by atoms with Crippen LogP contribution in [0, 0.1) is 6.92 Å². The van der Waals surface area contributed by atoms with Crippen LogP contribution in [0.2, 0.25) is 0 Å². The van der Waals surface area contributed by atoms with Crippen LogP contribution in [0.1, 0.15) is 12.2 Å². The third-order valence-electron chi connectivity index (χ3n) is 2.88. The van der Waals surface area contributed by atoms with Crippen LogP contribution >= 0.6 is 15.9 Å². The van der Waals surface area contributed by atoms with Gasteiger partial charge in [0.05, 0.1) is 6.42 Å². The number of imidazole rings is 1. The molecule has 7 nitrogen and oxygen atoms in total. The second-order valence-electron chi connectivity index (χ2n) is 4.42. The third kappa shape index (κ3) is 2.41. The molecule has 3 aromatic heterocycles. The van der Waals surface area contributed by atoms with Crippen molar-refractivity contribution in [3.63, 3.8) is 0 Å². The summed E-state index contributed by atoms with van der Waals surface area (Å²) in [6.45, 7) is 1.05. The summed E-state index contributed by atoms with van der Waals surface area (Å²) in [4.78, 5) is 23.2. The maximum Gasteiger partial charge on any atom is 0.390 e. The molecule has 3 rings (SSSR count). The van der Waals surface area contributed by atoms with E-state index in [1.807, 2.05) is 0 Å². The Morgan fingerprint density at radius 1 is 1.29 bits per heavy atom. The van der Waals surface area contributed by atoms with Gasteiger partial charge in [-0.25, -0.2) is 14.8 Å². The monoisotopic (exact) mass is 364 g/mol. The lowest BCUT2D eigenvalue weighted by atomic mass is 10.4. The van der Waals surface area contributed by atoms with Gasteiger partial charge >= 0.3 is 11.9 Å². The molecule has 0 aliphatic carbocycles. The number of alkyl halides is 3. The second kappa shape index (κ2) is 4.55. The van der Waals surface area contributed by atoms with Gasteiger partial charge in [-0.3, -0.25) is 4.57 Å². The van der Waals surface area contributed by atoms with E-state index in [1.165, 1.54) is 0 Å². The smallest absolute Gasteiger partial charge is 0.328 e. The topological polar surface area (TPSA) is 80.9 Å². The zero-order valence-electron chi connectivity index (χ0n) is 10.6. The molecule has 0 aliphatic rings. The van der Waals surface area contributed by atoms with E-state index in [0.29, 0.717) is 16.1 Å². The SMILES string of the molecule is Cc1nc2c3[nH]c(Br)nc3n(CCC(F)(F)F)c(=O)n2n1. The van der Waals surface area contributed by atoms with E-state index in [-0.39, 0.29) is 11.3 Å². The Labute approximate surface area is 122 Å². The van der Waals surface area contributed by atoms with Gasteiger partial charge in [-0.05, 0) is 22.9 Å². The summed E-state index contributed by atoms with van der Waals surface area (Å²) in [7, 11) is 0. The van der Waals surface area contributed by atoms with Crippen molar-refractivity contribution in [2.24, 2.45) is 0 Å². The Balaban J connectivity index is 2.29. The number of rotatable bonds is 2. The predicted octanol–water partition coefficient (Wildman–Crippen LogP) is 1.79. The van der Waals surface area contributed by atoms with Crippen molar-refractivity contribution in [3.05, 3.63) is 21.0 Å². The van der Waals surface area contributed by atoms with Crippen molar-refractivity contribution >= 4 is 32.7 Å². The van der Waals surface area contributed by atoms with Crippen LogP contribution in [0.4, 0.5) is 13.2 Å². The first-order valence-corrected chi connectivity index (χ1v) is 6.64. The first-order chi connectivity index (χ1) is 9.76. The molecule has 0 aliphatic heterocycles. The summed E-state index contributed by atoms with van der Waals surface area (Å²) in [5, 5.41) is 3.91. The van der Waals surface area contributed by atoms with Gasteiger partial charge < -0.3 is 4.98 Å². The third-order valence-corrected chi connectivity index (χ3v) is 3.25. The number of nitrogens with zero attached hydrogens (tertiary/aromatic N) is 5. The quantitative estimate of drug-likeness (QED) is 0.703. The molecule has 0 amide bonds. The zero-order chi connectivity index (χ0) is 15.4. The van der Waals surface area contributed by atoms with Crippen LogP contribution in [0.3, 0.4) is 0 Å². The van der Waals surface area contributed by atoms with Crippen LogP contribution in [0.25, 0.3) is 16.8 Å². The van der Waals surface area contributed by atoms with Crippen LogP contribution in [-0.4, -0.2) is 35.3 Å². The molecule has 0 atom stereocenters. The van der Waals surface area contributed by atoms with Crippen LogP contribution in [0.15, 0.2) is 9.53 Å². The highest BCUT2D eigenvalue weighted by Gasteiger charge is 2.28. The Morgan fingerprint density at radius 3 is 2.67 bits per heavy atom. The van der Waals surface area contributed by atoms with E-state index >= 15 is 0 Å². The predicted molar refractivity (Wildman–Crippen MR) is 70.0 cm³/mol. The highest BCUT2D eigenvalue weighted by molar-refractivity contribution is 9.10. The van der Waals surface area contributed by atoms with E-state index < -0.39 is 24.8 Å². The number of aromatic nitrogens is 6. The van der Waals surface area contributed by atoms with Crippen molar-refractivity contribution in [2.75, 3.05) is 0 Å². The minimum absolute atomic E-state index is 0.107. The van der Waals surface area contributed by atoms with Crippen molar-refractivity contribution in [1.29, 1.82) is 0 Å². The van der Waals surface area contributed by atoms with Gasteiger partial charge in [-0.2, -0.15) is 17.7 Å². The summed E-state index contributed by atoms with van der Waals surface area (Å²) < 4.78 is 39.4. The molecule has 3 heterocycles. The molecule has 11 heteroatoms. The molecule has 0 saturated heterocycles. The van der Waals surface area contributed by atoms with Gasteiger partial charge in [0.15, 0.2) is 16.0 Å². The maximum absolute atomic E-state index is 12.4. The van der Waals surface area contributed by atoms with Gasteiger partial charge in [-0.15, -0.1) is 5.10 Å². The molecule has 0 radical (unpaired) electrons. The van der Waals surface area contributed by atoms with Crippen LogP contribution in [0.5, 0.6) is 0 Å². The normalized spacial score (nSPS) is 12.6. The first-order valence-electron chi connectivity index (χ1n) is 5.84. The molecule has 112 valence electrons. The van der Waals surface area contributed by atoms with Crippen molar-refractivity contribution < 1.29 is 13.2 Å². The molecule has 0 unspecified atom stereocenters. The number of fused-ring (bicyclic) bond motifs is 3. The standard InChI is InChI=1S/C10H8BrF3N6O/c1-4-15-7-5-6(17-8(11)16-5)19(3-2-10(12,13)14)9(21)20(7)18-4/h2-3H2,1H3,(H,16,17). The highest BCUT2D eigenvalue weighted by atomic mass is 79.9. The lowest BCUT2D eigenvalue weighted by Gasteiger charge is -2.09. The average molecular weight is 365 g/mol. The summed E-state index contributed by atoms with van der Waals surface area (Å²) in [5.41, 5.74) is -0.0180. The summed E-state index contributed by atoms with van der Waals surface area (Å²) in [6, 6.07) is 0. The van der Waals surface area contributed by atoms with Gasteiger partial charge in [0.2, 0.25) is 0 Å². The number of halogens is 4. The average Bonchev–Trinajstić information content (AvgIpc) is 2.90. The van der Waals surface area contributed by atoms with Crippen LogP contribution < -0.4 is 5.69 Å². The van der Waals surface area contributed by atoms with E-state index in [2.05, 4.69) is 36.0 Å². The molecule has 0 aromatic carbocycles. The Hall–Kier alpha value is -1.91. The largest absolute Gasteiger partial charge is 0.390 e. The van der Waals surface area contributed by atoms with E-state index in [4.69, 9.17) is 0 Å². The number of nitrogens with one attached hydrogen (secondary N) is 1. The van der Waals surface area contributed by atoms with E-state index in [0.717, 1.165) is 9.08 Å². The fraction of sp³-hybridized carbons (Fsp3) is 0.400. The molecule has 21 heavy (non-hydrogen) atoms. The minimum Gasteiger partial charge on any atom is -0.328 e. The number of hydrogen-bond donors (Lipinski definition) is 1. The van der Waals surface area contributed by atoms with Crippen LogP contribution in [-0.2, 0) is 6.54 Å². The van der Waals surface area contributed by atoms with E-state index in [1.54, 1.807) is 6.92 Å². The zero-order valence-corrected chi connectivity index (χ0v) is 12.2. The first kappa shape index (κ1) is 14.0. The summed E-state index contributed by atoms with van der Waals surface area (Å²) in [5.74, 6) is 0.340. The molecule has 3 aromatic rings. The number of hydrogen-bond acceptors (Lipinski definition) is 4. The van der Waals surface area contributed by atoms with Gasteiger partial charge in [0, 0.05) is 6.54 Å². The lowest BCUT2D eigenvalue weighted by molar-refractivity contribution is -0.136. The number of aryl methyl sites for hydroxylation is 2. The molecule has 0 spiro atoms. The molecule has 0 bridgehead atoms. The van der Waals surface area contributed by atoms with Gasteiger partial charge in [0.25, 0.3) is 0 Å². The minimum atomic E-state index is -4.37. The number of H-pyrrole nitrogens is 1. The van der Waals surface area contributed by atoms with Gasteiger partial charge in [0.1, 0.15) is 11.3 Å².